The molecule has 0 radical (unpaired) electrons. The Kier molecular flexibility index (Phi) is 12.2. The number of aromatic nitrogens is 4. The molecule has 3 aliphatic rings. The molecule has 2 aliphatic heterocycles. The quantitative estimate of drug-likeness (QED) is 0.100. The van der Waals surface area contributed by atoms with Crippen molar-refractivity contribution in [2.75, 3.05) is 27.3 Å². The Morgan fingerprint density at radius 3 is 1.91 bits per heavy atom. The highest BCUT2D eigenvalue weighted by Crippen LogP contribution is 2.40. The van der Waals surface area contributed by atoms with Crippen molar-refractivity contribution in [3.63, 3.8) is 0 Å². The normalized spacial score (nSPS) is 17.6. The lowest BCUT2D eigenvalue weighted by Crippen LogP contribution is -2.51. The highest BCUT2D eigenvalue weighted by atomic mass is 16.5. The number of aryl methyl sites for hydroxylation is 2. The van der Waals surface area contributed by atoms with E-state index in [1.807, 2.05) is 60.2 Å². The SMILES string of the molecule is COC(=O)N[C@H](C(=O)N1CCC[C@H]1c1ncc(-c2ccc(-c3ccc(-c4ccc5c(c4)CCc4[nH]c([C@@H]6CCCN6C(=O)[C@H](NC(=O)OC)c6ccccc6)nc4-5)cc3)cc2)[nH]1)C(C)C. The molecule has 4 N–H and O–H groups in total. The largest absolute Gasteiger partial charge is 0.453 e. The van der Waals surface area contributed by atoms with Crippen LogP contribution in [-0.4, -0.2) is 87.1 Å². The summed E-state index contributed by atoms with van der Waals surface area (Å²) in [6.45, 7) is 4.98. The number of amides is 4. The first-order valence-corrected chi connectivity index (χ1v) is 22.4. The minimum Gasteiger partial charge on any atom is -0.453 e. The number of methoxy groups -OCH3 is 2. The van der Waals surface area contributed by atoms with E-state index in [4.69, 9.17) is 19.4 Å². The van der Waals surface area contributed by atoms with Gasteiger partial charge in [-0.3, -0.25) is 9.59 Å². The van der Waals surface area contributed by atoms with E-state index in [0.717, 1.165) is 101 Å². The number of carbonyl (C=O) groups excluding carboxylic acids is 4. The van der Waals surface area contributed by atoms with Crippen molar-refractivity contribution < 1.29 is 28.7 Å². The van der Waals surface area contributed by atoms with Crippen LogP contribution < -0.4 is 10.6 Å². The maximum absolute atomic E-state index is 14.1. The van der Waals surface area contributed by atoms with Crippen LogP contribution in [0.4, 0.5) is 9.59 Å². The minimum atomic E-state index is -0.871. The van der Waals surface area contributed by atoms with Crippen LogP contribution in [0.25, 0.3) is 44.8 Å². The van der Waals surface area contributed by atoms with Crippen LogP contribution in [0.2, 0.25) is 0 Å². The van der Waals surface area contributed by atoms with E-state index in [0.29, 0.717) is 18.7 Å². The lowest BCUT2D eigenvalue weighted by Gasteiger charge is -2.30. The van der Waals surface area contributed by atoms with Crippen molar-refractivity contribution >= 4 is 24.0 Å². The summed E-state index contributed by atoms with van der Waals surface area (Å²) in [5.74, 6) is 1.08. The third-order valence-electron chi connectivity index (χ3n) is 13.1. The van der Waals surface area contributed by atoms with E-state index in [1.165, 1.54) is 19.8 Å². The van der Waals surface area contributed by atoms with Gasteiger partial charge in [0.25, 0.3) is 5.91 Å². The topological polar surface area (TPSA) is 175 Å². The van der Waals surface area contributed by atoms with Gasteiger partial charge in [-0.1, -0.05) is 111 Å². The molecule has 2 aromatic heterocycles. The number of carbonyl (C=O) groups is 4. The number of H-pyrrole nitrogens is 2. The van der Waals surface area contributed by atoms with E-state index in [-0.39, 0.29) is 29.8 Å². The van der Waals surface area contributed by atoms with Gasteiger partial charge >= 0.3 is 12.2 Å². The summed E-state index contributed by atoms with van der Waals surface area (Å²) < 4.78 is 9.64. The number of likely N-dealkylation sites (tertiary alicyclic amines) is 2. The molecule has 14 heteroatoms. The Labute approximate surface area is 378 Å². The Morgan fingerprint density at radius 1 is 0.677 bits per heavy atom. The van der Waals surface area contributed by atoms with Gasteiger partial charge in [0.05, 0.1) is 43.9 Å². The fourth-order valence-corrected chi connectivity index (χ4v) is 9.60. The predicted molar refractivity (Wildman–Crippen MR) is 246 cm³/mol. The van der Waals surface area contributed by atoms with Gasteiger partial charge in [0.2, 0.25) is 5.91 Å². The van der Waals surface area contributed by atoms with Crippen LogP contribution in [0.3, 0.4) is 0 Å². The predicted octanol–water partition coefficient (Wildman–Crippen LogP) is 8.70. The van der Waals surface area contributed by atoms with Gasteiger partial charge in [0.1, 0.15) is 23.7 Å². The van der Waals surface area contributed by atoms with Crippen molar-refractivity contribution in [1.82, 2.24) is 40.4 Å². The first-order chi connectivity index (χ1) is 31.6. The molecule has 4 amide bonds. The number of rotatable bonds is 11. The van der Waals surface area contributed by atoms with Crippen LogP contribution in [0.1, 0.15) is 86.1 Å². The molecule has 4 atom stereocenters. The van der Waals surface area contributed by atoms with Crippen molar-refractivity contribution in [2.24, 2.45) is 5.92 Å². The number of fused-ring (bicyclic) bond motifs is 3. The van der Waals surface area contributed by atoms with Crippen LogP contribution in [-0.2, 0) is 31.9 Å². The average Bonchev–Trinajstić information content (AvgIpc) is 4.19. The molecule has 4 aromatic carbocycles. The molecule has 334 valence electrons. The fourth-order valence-electron chi connectivity index (χ4n) is 9.60. The van der Waals surface area contributed by atoms with Gasteiger partial charge in [-0.2, -0.15) is 0 Å². The van der Waals surface area contributed by atoms with Crippen LogP contribution in [0.15, 0.2) is 103 Å². The molecule has 65 heavy (non-hydrogen) atoms. The van der Waals surface area contributed by atoms with Gasteiger partial charge < -0.3 is 39.9 Å². The zero-order valence-electron chi connectivity index (χ0n) is 37.1. The number of aromatic amines is 2. The number of hydrogen-bond acceptors (Lipinski definition) is 8. The van der Waals surface area contributed by atoms with Crippen molar-refractivity contribution in [3.8, 4) is 44.8 Å². The zero-order chi connectivity index (χ0) is 45.2. The number of benzene rings is 4. The molecule has 9 rings (SSSR count). The lowest BCUT2D eigenvalue weighted by atomic mass is 9.89. The van der Waals surface area contributed by atoms with Crippen LogP contribution >= 0.6 is 0 Å². The molecule has 6 aromatic rings. The second-order valence-electron chi connectivity index (χ2n) is 17.4. The molecule has 0 bridgehead atoms. The van der Waals surface area contributed by atoms with Crippen molar-refractivity contribution in [2.45, 2.75) is 76.5 Å². The molecule has 1 aliphatic carbocycles. The van der Waals surface area contributed by atoms with Crippen molar-refractivity contribution in [1.29, 1.82) is 0 Å². The molecule has 0 unspecified atom stereocenters. The maximum Gasteiger partial charge on any atom is 0.407 e. The number of ether oxygens (including phenoxy) is 2. The number of hydrogen-bond donors (Lipinski definition) is 4. The van der Waals surface area contributed by atoms with Gasteiger partial charge in [0.15, 0.2) is 0 Å². The van der Waals surface area contributed by atoms with E-state index in [2.05, 4.69) is 87.3 Å². The Balaban J connectivity index is 0.866. The Bertz CT molecular complexity index is 2690. The van der Waals surface area contributed by atoms with E-state index < -0.39 is 24.3 Å². The van der Waals surface area contributed by atoms with Gasteiger partial charge in [-0.15, -0.1) is 0 Å². The molecule has 0 spiro atoms. The van der Waals surface area contributed by atoms with Gasteiger partial charge in [-0.25, -0.2) is 19.6 Å². The summed E-state index contributed by atoms with van der Waals surface area (Å²) in [5.41, 5.74) is 11.4. The summed E-state index contributed by atoms with van der Waals surface area (Å²) in [7, 11) is 2.59. The molecule has 2 saturated heterocycles. The number of nitrogens with one attached hydrogen (secondary N) is 4. The highest BCUT2D eigenvalue weighted by molar-refractivity contribution is 5.88. The van der Waals surface area contributed by atoms with Gasteiger partial charge in [-0.05, 0) is 83.4 Å². The second-order valence-corrected chi connectivity index (χ2v) is 17.4. The summed E-state index contributed by atoms with van der Waals surface area (Å²) in [5, 5.41) is 5.45. The molecule has 4 heterocycles. The zero-order valence-corrected chi connectivity index (χ0v) is 37.1. The smallest absolute Gasteiger partial charge is 0.407 e. The molecular weight excluding hydrogens is 821 g/mol. The first-order valence-electron chi connectivity index (χ1n) is 22.4. The van der Waals surface area contributed by atoms with E-state index >= 15 is 0 Å². The summed E-state index contributed by atoms with van der Waals surface area (Å²) >= 11 is 0. The Hall–Kier alpha value is -7.22. The summed E-state index contributed by atoms with van der Waals surface area (Å²) in [6.07, 6.45) is 5.48. The van der Waals surface area contributed by atoms with E-state index in [9.17, 15) is 19.2 Å². The third kappa shape index (κ3) is 8.72. The molecule has 14 nitrogen and oxygen atoms in total. The van der Waals surface area contributed by atoms with Crippen LogP contribution in [0.5, 0.6) is 0 Å². The van der Waals surface area contributed by atoms with Gasteiger partial charge in [0, 0.05) is 24.3 Å². The third-order valence-corrected chi connectivity index (χ3v) is 13.1. The molecule has 2 fully saturated rings. The maximum atomic E-state index is 14.1. The average molecular weight is 875 g/mol. The van der Waals surface area contributed by atoms with Crippen LogP contribution in [0, 0.1) is 5.92 Å². The molecular formula is C51H54N8O6. The first kappa shape index (κ1) is 43.1. The number of imidazole rings is 2. The summed E-state index contributed by atoms with van der Waals surface area (Å²) in [6, 6.07) is 30.9. The fraction of sp³-hybridized carbons (Fsp3) is 0.333. The monoisotopic (exact) mass is 874 g/mol. The number of nitrogens with zero attached hydrogens (tertiary/aromatic N) is 4. The second kappa shape index (κ2) is 18.5. The lowest BCUT2D eigenvalue weighted by molar-refractivity contribution is -0.135. The standard InChI is InChI=1S/C51H54N8O6/c1-30(2)43(56-50(62)64-3)48(60)58-26-8-12-41(58)46-52-29-40(54-46)34-20-18-32(19-21-34)31-14-16-33(17-15-31)36-22-24-38-37(28-36)23-25-39-45(38)55-47(53-39)42-13-9-27-59(42)49(61)44(57-51(63)65-4)35-10-6-5-7-11-35/h5-7,10-11,14-22,24,28-30,41-44H,8-9,12-13,23,25-27H2,1-4H3,(H,52,54)(H,53,55)(H,56,62)(H,57,63)/t41-,42-,43-,44+/m0/s1. The number of alkyl carbamates (subject to hydrolysis) is 2. The minimum absolute atomic E-state index is 0.104. The van der Waals surface area contributed by atoms with E-state index in [1.54, 1.807) is 0 Å². The summed E-state index contributed by atoms with van der Waals surface area (Å²) in [4.78, 5) is 72.5. The Morgan fingerprint density at radius 2 is 1.26 bits per heavy atom. The van der Waals surface area contributed by atoms with Crippen molar-refractivity contribution in [3.05, 3.63) is 132 Å². The highest BCUT2D eigenvalue weighted by Gasteiger charge is 2.39. The molecule has 0 saturated carbocycles.